The Kier molecular flexibility index (Phi) is 6.86. The van der Waals surface area contributed by atoms with Crippen LogP contribution in [0.3, 0.4) is 0 Å². The van der Waals surface area contributed by atoms with Crippen molar-refractivity contribution in [3.05, 3.63) is 34.9 Å². The molecule has 0 amide bonds. The number of phenolic OH excluding ortho intramolecular Hbond substituents is 1. The molecule has 146 valence electrons. The monoisotopic (exact) mass is 417 g/mol. The molecule has 0 saturated heterocycles. The molecule has 10 heteroatoms. The molecule has 1 aromatic heterocycles. The number of thioether (sulfide) groups is 1. The summed E-state index contributed by atoms with van der Waals surface area (Å²) in [6, 6.07) is 8.87. The fraction of sp³-hybridized carbons (Fsp3) is 0.278. The predicted octanol–water partition coefficient (Wildman–Crippen LogP) is 2.25. The summed E-state index contributed by atoms with van der Waals surface area (Å²) < 4.78 is 22.0. The fourth-order valence-electron chi connectivity index (χ4n) is 2.58. The number of sulfonamides is 1. The van der Waals surface area contributed by atoms with Gasteiger partial charge in [-0.05, 0) is 48.8 Å². The van der Waals surface area contributed by atoms with E-state index in [0.717, 1.165) is 0 Å². The summed E-state index contributed by atoms with van der Waals surface area (Å²) in [7, 11) is -3.50. The van der Waals surface area contributed by atoms with E-state index in [1.165, 1.54) is 17.8 Å². The maximum absolute atomic E-state index is 11.0. The van der Waals surface area contributed by atoms with E-state index in [0.29, 0.717) is 40.3 Å². The third kappa shape index (κ3) is 5.14. The highest BCUT2D eigenvalue weighted by Gasteiger charge is 2.21. The van der Waals surface area contributed by atoms with Gasteiger partial charge in [-0.1, -0.05) is 6.07 Å². The molecule has 28 heavy (non-hydrogen) atoms. The Labute approximate surface area is 167 Å². The average Bonchev–Trinajstić information content (AvgIpc) is 2.62. The van der Waals surface area contributed by atoms with E-state index in [2.05, 4.69) is 11.1 Å². The Morgan fingerprint density at radius 2 is 1.89 bits per heavy atom. The van der Waals surface area contributed by atoms with E-state index in [1.54, 1.807) is 19.1 Å². The number of nitrogen functional groups attached to an aromatic ring is 1. The molecular weight excluding hydrogens is 398 g/mol. The van der Waals surface area contributed by atoms with Crippen LogP contribution in [0.1, 0.15) is 29.5 Å². The molecule has 0 aliphatic rings. The van der Waals surface area contributed by atoms with Crippen LogP contribution in [0.15, 0.2) is 23.2 Å². The number of hydrogen-bond acceptors (Lipinski definition) is 8. The number of rotatable bonds is 7. The number of unbranched alkanes of at least 4 members (excludes halogenated alkanes) is 1. The van der Waals surface area contributed by atoms with E-state index >= 15 is 0 Å². The van der Waals surface area contributed by atoms with Crippen molar-refractivity contribution in [1.82, 2.24) is 4.98 Å². The van der Waals surface area contributed by atoms with Crippen LogP contribution in [-0.4, -0.2) is 30.0 Å². The van der Waals surface area contributed by atoms with Crippen LogP contribution in [0.25, 0.3) is 11.1 Å². The Morgan fingerprint density at radius 3 is 2.46 bits per heavy atom. The van der Waals surface area contributed by atoms with Crippen molar-refractivity contribution in [1.29, 1.82) is 10.5 Å². The van der Waals surface area contributed by atoms with Crippen molar-refractivity contribution >= 4 is 27.6 Å². The summed E-state index contributed by atoms with van der Waals surface area (Å²) >= 11 is 1.26. The molecule has 5 N–H and O–H groups in total. The lowest BCUT2D eigenvalue weighted by molar-refractivity contribution is 0.471. The maximum atomic E-state index is 11.0. The number of nitriles is 2. The highest BCUT2D eigenvalue weighted by Crippen LogP contribution is 2.37. The lowest BCUT2D eigenvalue weighted by atomic mass is 9.95. The topological polar surface area (TPSA) is 167 Å². The summed E-state index contributed by atoms with van der Waals surface area (Å²) in [6.07, 6.45) is 0.949. The summed E-state index contributed by atoms with van der Waals surface area (Å²) in [5.74, 6) is 0.512. The van der Waals surface area contributed by atoms with Crippen LogP contribution in [0.5, 0.6) is 5.75 Å². The highest BCUT2D eigenvalue weighted by molar-refractivity contribution is 7.99. The number of aryl methyl sites for hydroxylation is 1. The van der Waals surface area contributed by atoms with Gasteiger partial charge in [0, 0.05) is 5.56 Å². The Hall–Kier alpha value is -2.79. The van der Waals surface area contributed by atoms with Crippen LogP contribution in [0.4, 0.5) is 5.82 Å². The molecule has 0 bridgehead atoms. The second kappa shape index (κ2) is 8.93. The van der Waals surface area contributed by atoms with Gasteiger partial charge in [0.25, 0.3) is 0 Å². The van der Waals surface area contributed by atoms with Gasteiger partial charge in [-0.15, -0.1) is 11.8 Å². The first kappa shape index (κ1) is 21.5. The molecule has 0 fully saturated rings. The molecule has 1 heterocycles. The predicted molar refractivity (Wildman–Crippen MR) is 108 cm³/mol. The second-order valence-corrected chi connectivity index (χ2v) is 8.89. The lowest BCUT2D eigenvalue weighted by Crippen LogP contribution is -2.16. The fourth-order valence-corrected chi connectivity index (χ4v) is 4.18. The first-order valence-electron chi connectivity index (χ1n) is 8.25. The minimum atomic E-state index is -3.50. The van der Waals surface area contributed by atoms with Crippen molar-refractivity contribution in [3.8, 4) is 29.0 Å². The molecule has 0 aliphatic carbocycles. The van der Waals surface area contributed by atoms with Crippen molar-refractivity contribution in [2.24, 2.45) is 5.14 Å². The van der Waals surface area contributed by atoms with Crippen LogP contribution in [0, 0.1) is 29.6 Å². The van der Waals surface area contributed by atoms with Crippen LogP contribution in [-0.2, 0) is 10.0 Å². The van der Waals surface area contributed by atoms with Crippen molar-refractivity contribution in [3.63, 3.8) is 0 Å². The lowest BCUT2D eigenvalue weighted by Gasteiger charge is -2.13. The van der Waals surface area contributed by atoms with Gasteiger partial charge >= 0.3 is 0 Å². The van der Waals surface area contributed by atoms with E-state index in [9.17, 15) is 24.0 Å². The van der Waals surface area contributed by atoms with E-state index in [-0.39, 0.29) is 28.4 Å². The molecule has 0 atom stereocenters. The number of hydrogen-bond donors (Lipinski definition) is 3. The van der Waals surface area contributed by atoms with Gasteiger partial charge in [0.05, 0.1) is 11.3 Å². The van der Waals surface area contributed by atoms with Crippen LogP contribution < -0.4 is 10.9 Å². The van der Waals surface area contributed by atoms with Gasteiger partial charge in [0.2, 0.25) is 10.0 Å². The highest BCUT2D eigenvalue weighted by atomic mass is 32.2. The molecule has 0 radical (unpaired) electrons. The van der Waals surface area contributed by atoms with E-state index in [4.69, 9.17) is 10.9 Å². The normalized spacial score (nSPS) is 11.0. The zero-order valence-corrected chi connectivity index (χ0v) is 16.8. The number of nitrogens with zero attached hydrogens (tertiary/aromatic N) is 3. The van der Waals surface area contributed by atoms with Crippen LogP contribution in [0.2, 0.25) is 0 Å². The Morgan fingerprint density at radius 1 is 1.21 bits per heavy atom. The number of phenols is 1. The quantitative estimate of drug-likeness (QED) is 0.455. The minimum absolute atomic E-state index is 0.00858. The number of primary sulfonamides is 1. The number of anilines is 1. The first-order valence-corrected chi connectivity index (χ1v) is 10.9. The summed E-state index contributed by atoms with van der Waals surface area (Å²) in [4.78, 5) is 4.19. The van der Waals surface area contributed by atoms with Crippen molar-refractivity contribution in [2.75, 3.05) is 17.2 Å². The minimum Gasteiger partial charge on any atom is -0.508 e. The molecule has 2 aromatic rings. The van der Waals surface area contributed by atoms with Gasteiger partial charge in [0.15, 0.2) is 0 Å². The molecule has 8 nitrogen and oxygen atoms in total. The van der Waals surface area contributed by atoms with E-state index in [1.807, 2.05) is 6.07 Å². The SMILES string of the molecule is Cc1cc(-c2c(C#N)c(N)nc(SCCCCS(N)(=O)=O)c2C#N)ccc1O. The summed E-state index contributed by atoms with van der Waals surface area (Å²) in [6.45, 7) is 1.71. The third-order valence-electron chi connectivity index (χ3n) is 3.96. The zero-order chi connectivity index (χ0) is 20.9. The van der Waals surface area contributed by atoms with Crippen molar-refractivity contribution < 1.29 is 13.5 Å². The first-order chi connectivity index (χ1) is 13.2. The van der Waals surface area contributed by atoms with E-state index < -0.39 is 10.0 Å². The smallest absolute Gasteiger partial charge is 0.209 e. The number of benzene rings is 1. The molecule has 0 unspecified atom stereocenters. The van der Waals surface area contributed by atoms with Gasteiger partial charge < -0.3 is 10.8 Å². The summed E-state index contributed by atoms with van der Waals surface area (Å²) in [5.41, 5.74) is 7.80. The van der Waals surface area contributed by atoms with Crippen LogP contribution >= 0.6 is 11.8 Å². The number of pyridine rings is 1. The van der Waals surface area contributed by atoms with Gasteiger partial charge in [0.1, 0.15) is 34.3 Å². The largest absolute Gasteiger partial charge is 0.508 e. The molecule has 0 spiro atoms. The van der Waals surface area contributed by atoms with Gasteiger partial charge in [-0.25, -0.2) is 18.5 Å². The number of aromatic nitrogens is 1. The Bertz CT molecular complexity index is 1090. The Balaban J connectivity index is 2.41. The second-order valence-electron chi connectivity index (χ2n) is 6.07. The molecule has 0 aliphatic heterocycles. The zero-order valence-electron chi connectivity index (χ0n) is 15.1. The summed E-state index contributed by atoms with van der Waals surface area (Å²) in [5, 5.41) is 34.3. The van der Waals surface area contributed by atoms with Gasteiger partial charge in [-0.3, -0.25) is 0 Å². The number of nitrogens with two attached hydrogens (primary N) is 2. The number of aromatic hydroxyl groups is 1. The maximum Gasteiger partial charge on any atom is 0.209 e. The average molecular weight is 418 g/mol. The molecule has 1 aromatic carbocycles. The molecular formula is C18H19N5O3S2. The third-order valence-corrected chi connectivity index (χ3v) is 5.88. The standard InChI is InChI=1S/C18H19N5O3S2/c1-11-8-12(4-5-15(11)24)16-13(9-19)17(21)23-18(14(16)10-20)27-6-2-3-7-28(22,25)26/h4-5,8,24H,2-3,6-7H2,1H3,(H2,21,23)(H2,22,25,26). The molecule has 2 rings (SSSR count). The molecule has 0 saturated carbocycles. The van der Waals surface area contributed by atoms with Gasteiger partial charge in [-0.2, -0.15) is 10.5 Å². The van der Waals surface area contributed by atoms with Crippen molar-refractivity contribution in [2.45, 2.75) is 24.8 Å².